The molecule has 0 atom stereocenters. The van der Waals surface area contributed by atoms with Gasteiger partial charge in [0.05, 0.1) is 18.4 Å². The Balaban J connectivity index is 1.79. The van der Waals surface area contributed by atoms with Crippen molar-refractivity contribution >= 4 is 5.91 Å². The van der Waals surface area contributed by atoms with Crippen LogP contribution in [0.2, 0.25) is 0 Å². The van der Waals surface area contributed by atoms with E-state index in [4.69, 9.17) is 4.42 Å². The number of nitrogens with zero attached hydrogens (tertiary/aromatic N) is 1. The minimum Gasteiger partial charge on any atom is -0.469 e. The number of carbonyl (C=O) groups excluding carboxylic acids is 1. The number of carbonyl (C=O) groups is 1. The van der Waals surface area contributed by atoms with E-state index in [2.05, 4.69) is 15.5 Å². The van der Waals surface area contributed by atoms with Crippen LogP contribution in [0.25, 0.3) is 0 Å². The predicted octanol–water partition coefficient (Wildman–Crippen LogP) is 1.52. The number of nitrogens with one attached hydrogen (secondary N) is 2. The Bertz CT molecular complexity index is 495. The van der Waals surface area contributed by atoms with E-state index in [1.165, 1.54) is 0 Å². The normalized spacial score (nSPS) is 10.6. The number of furan rings is 1. The molecule has 0 aliphatic carbocycles. The summed E-state index contributed by atoms with van der Waals surface area (Å²) in [5.41, 5.74) is 2.81. The minimum atomic E-state index is 0.00848. The van der Waals surface area contributed by atoms with E-state index >= 15 is 0 Å². The van der Waals surface area contributed by atoms with Crippen molar-refractivity contribution in [3.63, 3.8) is 0 Å². The molecule has 18 heavy (non-hydrogen) atoms. The van der Waals surface area contributed by atoms with E-state index in [0.29, 0.717) is 19.4 Å². The average molecular weight is 247 g/mol. The van der Waals surface area contributed by atoms with E-state index in [0.717, 1.165) is 22.7 Å². The molecule has 5 heteroatoms. The summed E-state index contributed by atoms with van der Waals surface area (Å²) in [5, 5.41) is 9.82. The quantitative estimate of drug-likeness (QED) is 0.841. The van der Waals surface area contributed by atoms with Crippen molar-refractivity contribution in [2.45, 2.75) is 26.7 Å². The van der Waals surface area contributed by atoms with Crippen LogP contribution in [0.1, 0.15) is 22.7 Å². The SMILES string of the molecule is Cc1n[nH]c(C)c1CC(=O)NCCc1ccco1. The Hall–Kier alpha value is -2.04. The van der Waals surface area contributed by atoms with Gasteiger partial charge in [-0.15, -0.1) is 0 Å². The Morgan fingerprint density at radius 1 is 1.50 bits per heavy atom. The highest BCUT2D eigenvalue weighted by atomic mass is 16.3. The molecule has 0 spiro atoms. The van der Waals surface area contributed by atoms with E-state index in [1.807, 2.05) is 26.0 Å². The molecule has 2 aromatic heterocycles. The second kappa shape index (κ2) is 5.53. The number of H-pyrrole nitrogens is 1. The second-order valence-corrected chi connectivity index (χ2v) is 4.27. The molecule has 0 aliphatic heterocycles. The molecule has 5 nitrogen and oxygen atoms in total. The topological polar surface area (TPSA) is 70.9 Å². The molecule has 0 radical (unpaired) electrons. The molecule has 2 rings (SSSR count). The summed E-state index contributed by atoms with van der Waals surface area (Å²) >= 11 is 0. The molecule has 0 aliphatic rings. The lowest BCUT2D eigenvalue weighted by atomic mass is 10.1. The van der Waals surface area contributed by atoms with Gasteiger partial charge in [0.15, 0.2) is 0 Å². The Morgan fingerprint density at radius 3 is 2.94 bits per heavy atom. The predicted molar refractivity (Wildman–Crippen MR) is 67.2 cm³/mol. The first-order chi connectivity index (χ1) is 8.66. The van der Waals surface area contributed by atoms with Gasteiger partial charge in [0.2, 0.25) is 5.91 Å². The molecular formula is C13H17N3O2. The van der Waals surface area contributed by atoms with Crippen molar-refractivity contribution in [1.82, 2.24) is 15.5 Å². The first-order valence-corrected chi connectivity index (χ1v) is 5.96. The maximum absolute atomic E-state index is 11.8. The summed E-state index contributed by atoms with van der Waals surface area (Å²) in [4.78, 5) is 11.8. The van der Waals surface area contributed by atoms with Gasteiger partial charge in [0.1, 0.15) is 5.76 Å². The molecule has 2 N–H and O–H groups in total. The number of hydrogen-bond acceptors (Lipinski definition) is 3. The molecule has 2 aromatic rings. The number of amides is 1. The monoisotopic (exact) mass is 247 g/mol. The van der Waals surface area contributed by atoms with Gasteiger partial charge in [-0.05, 0) is 26.0 Å². The van der Waals surface area contributed by atoms with Crippen LogP contribution in [-0.2, 0) is 17.6 Å². The Morgan fingerprint density at radius 2 is 2.33 bits per heavy atom. The average Bonchev–Trinajstić information content (AvgIpc) is 2.94. The van der Waals surface area contributed by atoms with E-state index in [-0.39, 0.29) is 5.91 Å². The summed E-state index contributed by atoms with van der Waals surface area (Å²) < 4.78 is 5.19. The molecular weight excluding hydrogens is 230 g/mol. The maximum Gasteiger partial charge on any atom is 0.224 e. The molecule has 96 valence electrons. The van der Waals surface area contributed by atoms with Gasteiger partial charge in [-0.3, -0.25) is 9.89 Å². The number of rotatable bonds is 5. The molecule has 0 saturated carbocycles. The highest BCUT2D eigenvalue weighted by Crippen LogP contribution is 2.09. The lowest BCUT2D eigenvalue weighted by Crippen LogP contribution is -2.27. The van der Waals surface area contributed by atoms with Crippen molar-refractivity contribution in [2.75, 3.05) is 6.54 Å². The van der Waals surface area contributed by atoms with Crippen LogP contribution in [-0.4, -0.2) is 22.6 Å². The number of aromatic amines is 1. The highest BCUT2D eigenvalue weighted by molar-refractivity contribution is 5.79. The summed E-state index contributed by atoms with van der Waals surface area (Å²) in [5.74, 6) is 0.889. The van der Waals surface area contributed by atoms with Crippen molar-refractivity contribution in [2.24, 2.45) is 0 Å². The van der Waals surface area contributed by atoms with Crippen LogP contribution >= 0.6 is 0 Å². The fourth-order valence-electron chi connectivity index (χ4n) is 1.84. The van der Waals surface area contributed by atoms with Crippen LogP contribution in [0.4, 0.5) is 0 Å². The zero-order chi connectivity index (χ0) is 13.0. The van der Waals surface area contributed by atoms with Crippen LogP contribution in [0.15, 0.2) is 22.8 Å². The third-order valence-electron chi connectivity index (χ3n) is 2.89. The largest absolute Gasteiger partial charge is 0.469 e. The number of aromatic nitrogens is 2. The van der Waals surface area contributed by atoms with Crippen LogP contribution < -0.4 is 5.32 Å². The smallest absolute Gasteiger partial charge is 0.224 e. The van der Waals surface area contributed by atoms with Crippen molar-refractivity contribution < 1.29 is 9.21 Å². The molecule has 0 aromatic carbocycles. The molecule has 0 bridgehead atoms. The van der Waals surface area contributed by atoms with Gasteiger partial charge >= 0.3 is 0 Å². The molecule has 2 heterocycles. The Kier molecular flexibility index (Phi) is 3.82. The Labute approximate surface area is 106 Å². The lowest BCUT2D eigenvalue weighted by molar-refractivity contribution is -0.120. The molecule has 0 fully saturated rings. The summed E-state index contributed by atoms with van der Waals surface area (Å²) in [6.07, 6.45) is 2.71. The first kappa shape index (κ1) is 12.4. The van der Waals surface area contributed by atoms with Gasteiger partial charge in [-0.2, -0.15) is 5.10 Å². The van der Waals surface area contributed by atoms with Gasteiger partial charge in [-0.25, -0.2) is 0 Å². The molecule has 0 unspecified atom stereocenters. The fraction of sp³-hybridized carbons (Fsp3) is 0.385. The molecule has 0 saturated heterocycles. The highest BCUT2D eigenvalue weighted by Gasteiger charge is 2.10. The molecule has 1 amide bonds. The van der Waals surface area contributed by atoms with Gasteiger partial charge in [0.25, 0.3) is 0 Å². The number of aryl methyl sites for hydroxylation is 2. The standard InChI is InChI=1S/C13H17N3O2/c1-9-12(10(2)16-15-9)8-13(17)14-6-5-11-4-3-7-18-11/h3-4,7H,5-6,8H2,1-2H3,(H,14,17)(H,15,16). The first-order valence-electron chi connectivity index (χ1n) is 5.96. The zero-order valence-corrected chi connectivity index (χ0v) is 10.6. The van der Waals surface area contributed by atoms with Crippen molar-refractivity contribution in [3.8, 4) is 0 Å². The van der Waals surface area contributed by atoms with Gasteiger partial charge < -0.3 is 9.73 Å². The van der Waals surface area contributed by atoms with Crippen molar-refractivity contribution in [1.29, 1.82) is 0 Å². The second-order valence-electron chi connectivity index (χ2n) is 4.27. The fourth-order valence-corrected chi connectivity index (χ4v) is 1.84. The van der Waals surface area contributed by atoms with Gasteiger partial charge in [-0.1, -0.05) is 0 Å². The summed E-state index contributed by atoms with van der Waals surface area (Å²) in [7, 11) is 0. The number of hydrogen-bond donors (Lipinski definition) is 2. The van der Waals surface area contributed by atoms with E-state index in [9.17, 15) is 4.79 Å². The maximum atomic E-state index is 11.8. The van der Waals surface area contributed by atoms with E-state index < -0.39 is 0 Å². The van der Waals surface area contributed by atoms with E-state index in [1.54, 1.807) is 6.26 Å². The third kappa shape index (κ3) is 3.00. The van der Waals surface area contributed by atoms with Crippen LogP contribution in [0, 0.1) is 13.8 Å². The minimum absolute atomic E-state index is 0.00848. The summed E-state index contributed by atoms with van der Waals surface area (Å²) in [6.45, 7) is 4.41. The lowest BCUT2D eigenvalue weighted by Gasteiger charge is -2.04. The zero-order valence-electron chi connectivity index (χ0n) is 10.6. The summed E-state index contributed by atoms with van der Waals surface area (Å²) in [6, 6.07) is 3.74. The van der Waals surface area contributed by atoms with Gasteiger partial charge in [0, 0.05) is 24.2 Å². The third-order valence-corrected chi connectivity index (χ3v) is 2.89. The van der Waals surface area contributed by atoms with Crippen molar-refractivity contribution in [3.05, 3.63) is 41.1 Å². The van der Waals surface area contributed by atoms with Crippen LogP contribution in [0.5, 0.6) is 0 Å². The van der Waals surface area contributed by atoms with Crippen LogP contribution in [0.3, 0.4) is 0 Å².